The van der Waals surface area contributed by atoms with E-state index in [0.717, 1.165) is 35.6 Å². The smallest absolute Gasteiger partial charge is 0.397 e. The van der Waals surface area contributed by atoms with Crippen LogP contribution in [0.4, 0.5) is 24.5 Å². The maximum atomic E-state index is 12.9. The highest BCUT2D eigenvalue weighted by Gasteiger charge is 2.30. The number of rotatable bonds is 4. The number of nitrogens with zero attached hydrogens (tertiary/aromatic N) is 1. The van der Waals surface area contributed by atoms with Gasteiger partial charge in [0, 0.05) is 22.2 Å². The van der Waals surface area contributed by atoms with E-state index in [-0.39, 0.29) is 21.7 Å². The van der Waals surface area contributed by atoms with E-state index < -0.39 is 23.4 Å². The zero-order valence-corrected chi connectivity index (χ0v) is 17.5. The third-order valence-corrected chi connectivity index (χ3v) is 5.98. The van der Waals surface area contributed by atoms with Gasteiger partial charge in [-0.1, -0.05) is 30.3 Å². The van der Waals surface area contributed by atoms with E-state index in [1.165, 1.54) is 6.07 Å². The van der Waals surface area contributed by atoms with Crippen LogP contribution in [-0.2, 0) is 6.18 Å². The number of benzene rings is 2. The van der Waals surface area contributed by atoms with Crippen LogP contribution in [0.15, 0.2) is 60.7 Å². The number of pyridine rings is 1. The Morgan fingerprint density at radius 3 is 2.31 bits per heavy atom. The van der Waals surface area contributed by atoms with Crippen molar-refractivity contribution in [1.82, 2.24) is 4.98 Å². The summed E-state index contributed by atoms with van der Waals surface area (Å²) >= 11 is 1.10. The number of halogens is 3. The molecule has 2 heterocycles. The molecule has 32 heavy (non-hydrogen) atoms. The summed E-state index contributed by atoms with van der Waals surface area (Å²) in [6.07, 6.45) is -4.49. The predicted molar refractivity (Wildman–Crippen MR) is 118 cm³/mol. The monoisotopic (exact) mass is 455 g/mol. The Morgan fingerprint density at radius 2 is 1.69 bits per heavy atom. The summed E-state index contributed by atoms with van der Waals surface area (Å²) in [7, 11) is 0. The molecule has 0 aliphatic rings. The van der Waals surface area contributed by atoms with Gasteiger partial charge in [-0.2, -0.15) is 13.2 Å². The van der Waals surface area contributed by atoms with Gasteiger partial charge in [0.25, 0.3) is 5.91 Å². The zero-order chi connectivity index (χ0) is 23.0. The number of carbonyl (C=O) groups is 2. The molecule has 2 aromatic heterocycles. The van der Waals surface area contributed by atoms with Gasteiger partial charge in [-0.05, 0) is 37.3 Å². The average molecular weight is 455 g/mol. The Kier molecular flexibility index (Phi) is 5.43. The molecule has 0 fully saturated rings. The second-order valence-corrected chi connectivity index (χ2v) is 8.04. The number of thiophene rings is 1. The molecule has 0 aliphatic heterocycles. The third kappa shape index (κ3) is 4.06. The van der Waals surface area contributed by atoms with Crippen molar-refractivity contribution in [1.29, 1.82) is 0 Å². The molecule has 0 saturated heterocycles. The number of nitrogens with one attached hydrogen (secondary N) is 1. The molecule has 0 bridgehead atoms. The normalized spacial score (nSPS) is 11.5. The van der Waals surface area contributed by atoms with Gasteiger partial charge in [0.1, 0.15) is 9.71 Å². The Labute approximate surface area is 184 Å². The number of amides is 1. The summed E-state index contributed by atoms with van der Waals surface area (Å²) < 4.78 is 38.4. The van der Waals surface area contributed by atoms with Gasteiger partial charge in [0.15, 0.2) is 5.78 Å². The largest absolute Gasteiger partial charge is 0.416 e. The molecular weight excluding hydrogens is 439 g/mol. The van der Waals surface area contributed by atoms with Crippen LogP contribution in [0.1, 0.15) is 36.9 Å². The fraction of sp³-hybridized carbons (Fsp3) is 0.0870. The Balaban J connectivity index is 1.68. The molecular formula is C23H16F3N3O2S. The first-order chi connectivity index (χ1) is 15.1. The van der Waals surface area contributed by atoms with E-state index >= 15 is 0 Å². The highest BCUT2D eigenvalue weighted by Crippen LogP contribution is 2.35. The van der Waals surface area contributed by atoms with E-state index in [1.807, 2.05) is 6.07 Å². The van der Waals surface area contributed by atoms with Crippen LogP contribution in [0.2, 0.25) is 0 Å². The van der Waals surface area contributed by atoms with Crippen LogP contribution in [0.25, 0.3) is 10.2 Å². The summed E-state index contributed by atoms with van der Waals surface area (Å²) in [4.78, 5) is 30.8. The molecule has 0 aliphatic carbocycles. The molecule has 0 radical (unpaired) electrons. The van der Waals surface area contributed by atoms with Gasteiger partial charge >= 0.3 is 6.18 Å². The number of alkyl halides is 3. The van der Waals surface area contributed by atoms with Crippen molar-refractivity contribution in [2.24, 2.45) is 0 Å². The van der Waals surface area contributed by atoms with Crippen LogP contribution in [0, 0.1) is 6.92 Å². The van der Waals surface area contributed by atoms with Crippen LogP contribution < -0.4 is 11.1 Å². The van der Waals surface area contributed by atoms with Crippen LogP contribution in [0.5, 0.6) is 0 Å². The number of fused-ring (bicyclic) bond motifs is 1. The molecule has 3 N–H and O–H groups in total. The lowest BCUT2D eigenvalue weighted by Gasteiger charge is -2.08. The van der Waals surface area contributed by atoms with Crippen molar-refractivity contribution in [3.63, 3.8) is 0 Å². The molecule has 0 unspecified atom stereocenters. The molecule has 4 rings (SSSR count). The van der Waals surface area contributed by atoms with Gasteiger partial charge in [0.05, 0.1) is 16.9 Å². The predicted octanol–water partition coefficient (Wildman–Crippen LogP) is 5.69. The van der Waals surface area contributed by atoms with E-state index in [0.29, 0.717) is 21.6 Å². The second-order valence-electron chi connectivity index (χ2n) is 7.04. The van der Waals surface area contributed by atoms with E-state index in [1.54, 1.807) is 31.2 Å². The van der Waals surface area contributed by atoms with Crippen molar-refractivity contribution in [2.45, 2.75) is 13.1 Å². The van der Waals surface area contributed by atoms with Gasteiger partial charge in [-0.15, -0.1) is 11.3 Å². The van der Waals surface area contributed by atoms with Gasteiger partial charge < -0.3 is 11.1 Å². The Hall–Kier alpha value is -3.72. The van der Waals surface area contributed by atoms with Gasteiger partial charge in [0.2, 0.25) is 0 Å². The molecule has 2 aromatic carbocycles. The first kappa shape index (κ1) is 21.5. The fourth-order valence-corrected chi connectivity index (χ4v) is 4.22. The van der Waals surface area contributed by atoms with Gasteiger partial charge in [-0.3, -0.25) is 9.59 Å². The first-order valence-corrected chi connectivity index (χ1v) is 10.2. The lowest BCUT2D eigenvalue weighted by Crippen LogP contribution is -2.11. The summed E-state index contributed by atoms with van der Waals surface area (Å²) in [5, 5.41) is 3.20. The maximum Gasteiger partial charge on any atom is 0.416 e. The number of hydrogen-bond donors (Lipinski definition) is 2. The van der Waals surface area contributed by atoms with E-state index in [2.05, 4.69) is 10.3 Å². The minimum atomic E-state index is -4.49. The lowest BCUT2D eigenvalue weighted by atomic mass is 10.00. The number of para-hydroxylation sites is 1. The van der Waals surface area contributed by atoms with Crippen molar-refractivity contribution in [3.8, 4) is 0 Å². The molecule has 0 atom stereocenters. The summed E-state index contributed by atoms with van der Waals surface area (Å²) in [6, 6.07) is 14.4. The number of aromatic nitrogens is 1. The molecule has 162 valence electrons. The maximum absolute atomic E-state index is 12.9. The van der Waals surface area contributed by atoms with Crippen molar-refractivity contribution >= 4 is 44.6 Å². The highest BCUT2D eigenvalue weighted by molar-refractivity contribution is 7.21. The summed E-state index contributed by atoms with van der Waals surface area (Å²) in [5.41, 5.74) is 6.84. The fourth-order valence-electron chi connectivity index (χ4n) is 3.20. The number of aryl methyl sites for hydroxylation is 1. The topological polar surface area (TPSA) is 85.1 Å². The Morgan fingerprint density at radius 1 is 1.03 bits per heavy atom. The van der Waals surface area contributed by atoms with Crippen molar-refractivity contribution < 1.29 is 22.8 Å². The molecule has 0 saturated carbocycles. The van der Waals surface area contributed by atoms with Crippen LogP contribution in [0.3, 0.4) is 0 Å². The number of ketones is 1. The summed E-state index contributed by atoms with van der Waals surface area (Å²) in [6.45, 7) is 1.62. The molecule has 9 heteroatoms. The van der Waals surface area contributed by atoms with Crippen molar-refractivity contribution in [3.05, 3.63) is 87.9 Å². The summed E-state index contributed by atoms with van der Waals surface area (Å²) in [5.74, 6) is -0.878. The van der Waals surface area contributed by atoms with E-state index in [9.17, 15) is 22.8 Å². The minimum Gasteiger partial charge on any atom is -0.397 e. The molecule has 1 amide bonds. The lowest BCUT2D eigenvalue weighted by molar-refractivity contribution is -0.137. The van der Waals surface area contributed by atoms with Crippen LogP contribution in [-0.4, -0.2) is 16.7 Å². The first-order valence-electron chi connectivity index (χ1n) is 9.43. The number of hydrogen-bond acceptors (Lipinski definition) is 5. The number of carbonyl (C=O) groups excluding carboxylic acids is 2. The minimum absolute atomic E-state index is 0.0955. The SMILES string of the molecule is Cc1nc2sc(C(=O)Nc3ccccc3)c(N)c2cc1C(=O)c1ccc(C(F)(F)F)cc1. The van der Waals surface area contributed by atoms with Gasteiger partial charge in [-0.25, -0.2) is 4.98 Å². The number of nitrogen functional groups attached to an aromatic ring is 1. The molecule has 0 spiro atoms. The average Bonchev–Trinajstić information content (AvgIpc) is 3.08. The third-order valence-electron chi connectivity index (χ3n) is 4.87. The quantitative estimate of drug-likeness (QED) is 0.387. The molecule has 4 aromatic rings. The molecule has 5 nitrogen and oxygen atoms in total. The highest BCUT2D eigenvalue weighted by atomic mass is 32.1. The zero-order valence-electron chi connectivity index (χ0n) is 16.7. The number of nitrogens with two attached hydrogens (primary N) is 1. The number of anilines is 2. The van der Waals surface area contributed by atoms with E-state index in [4.69, 9.17) is 5.73 Å². The standard InChI is InChI=1S/C23H16F3N3O2S/c1-12-16(19(30)13-7-9-14(10-8-13)23(24,25)26)11-17-18(27)20(32-22(17)28-12)21(31)29-15-5-3-2-4-6-15/h2-11H,27H2,1H3,(H,29,31). The van der Waals surface area contributed by atoms with Crippen molar-refractivity contribution in [2.75, 3.05) is 11.1 Å². The Bertz CT molecular complexity index is 1330. The van der Waals surface area contributed by atoms with Crippen LogP contribution >= 0.6 is 11.3 Å². The second kappa shape index (κ2) is 8.08.